The van der Waals surface area contributed by atoms with E-state index in [9.17, 15) is 9.59 Å². The van der Waals surface area contributed by atoms with E-state index in [1.54, 1.807) is 0 Å². The van der Waals surface area contributed by atoms with Crippen LogP contribution in [0, 0.1) is 6.92 Å². The van der Waals surface area contributed by atoms with Gasteiger partial charge in [0, 0.05) is 6.54 Å². The molecule has 9 heteroatoms. The minimum Gasteiger partial charge on any atom is -0.331 e. The molecule has 8 nitrogen and oxygen atoms in total. The number of imidazole rings is 1. The van der Waals surface area contributed by atoms with Gasteiger partial charge in [-0.25, -0.2) is 9.78 Å². The Labute approximate surface area is 116 Å². The molecule has 3 rings (SSSR count). The van der Waals surface area contributed by atoms with Crippen molar-refractivity contribution in [1.29, 1.82) is 0 Å². The first kappa shape index (κ1) is 12.7. The van der Waals surface area contributed by atoms with E-state index in [0.29, 0.717) is 23.5 Å². The van der Waals surface area contributed by atoms with E-state index in [4.69, 9.17) is 0 Å². The molecule has 0 aromatic carbocycles. The first-order valence-corrected chi connectivity index (χ1v) is 6.91. The summed E-state index contributed by atoms with van der Waals surface area (Å²) in [6, 6.07) is 0. The van der Waals surface area contributed by atoms with Gasteiger partial charge in [-0.05, 0) is 24.9 Å². The average Bonchev–Trinajstić information content (AvgIpc) is 3.00. The summed E-state index contributed by atoms with van der Waals surface area (Å²) >= 11 is 1.19. The van der Waals surface area contributed by atoms with Crippen LogP contribution >= 0.6 is 11.5 Å². The van der Waals surface area contributed by atoms with Crippen molar-refractivity contribution in [2.75, 3.05) is 0 Å². The number of aromatic nitrogens is 6. The summed E-state index contributed by atoms with van der Waals surface area (Å²) in [7, 11) is 0. The molecule has 2 N–H and O–H groups in total. The number of aryl methyl sites for hydroxylation is 2. The summed E-state index contributed by atoms with van der Waals surface area (Å²) in [5, 5.41) is 3.92. The number of rotatable bonds is 3. The average molecular weight is 292 g/mol. The second-order valence-corrected chi connectivity index (χ2v) is 5.14. The largest absolute Gasteiger partial charge is 0.331 e. The van der Waals surface area contributed by atoms with Crippen LogP contribution in [0.15, 0.2) is 9.59 Å². The summed E-state index contributed by atoms with van der Waals surface area (Å²) in [4.78, 5) is 34.1. The highest BCUT2D eigenvalue weighted by Gasteiger charge is 2.16. The molecule has 20 heavy (non-hydrogen) atoms. The Morgan fingerprint density at radius 3 is 2.75 bits per heavy atom. The van der Waals surface area contributed by atoms with Crippen LogP contribution in [0.2, 0.25) is 0 Å². The highest BCUT2D eigenvalue weighted by Crippen LogP contribution is 2.23. The third kappa shape index (κ3) is 1.86. The van der Waals surface area contributed by atoms with E-state index in [0.717, 1.165) is 17.0 Å². The van der Waals surface area contributed by atoms with Crippen molar-refractivity contribution in [3.05, 3.63) is 26.5 Å². The zero-order valence-electron chi connectivity index (χ0n) is 10.9. The number of nitrogens with zero attached hydrogens (tertiary/aromatic N) is 4. The Kier molecular flexibility index (Phi) is 2.97. The lowest BCUT2D eigenvalue weighted by Crippen LogP contribution is -2.30. The number of hydrogen-bond donors (Lipinski definition) is 2. The fourth-order valence-electron chi connectivity index (χ4n) is 2.03. The summed E-state index contributed by atoms with van der Waals surface area (Å²) in [5.41, 5.74) is 0.479. The van der Waals surface area contributed by atoms with Gasteiger partial charge >= 0.3 is 5.69 Å². The Bertz CT molecular complexity index is 886. The zero-order valence-corrected chi connectivity index (χ0v) is 11.7. The number of fused-ring (bicyclic) bond motifs is 1. The predicted octanol–water partition coefficient (Wildman–Crippen LogP) is 0.650. The van der Waals surface area contributed by atoms with Crippen LogP contribution in [0.4, 0.5) is 0 Å². The lowest BCUT2D eigenvalue weighted by molar-refractivity contribution is 0.653. The van der Waals surface area contributed by atoms with Crippen molar-refractivity contribution >= 4 is 22.7 Å². The molecule has 0 aliphatic carbocycles. The molecule has 3 aromatic heterocycles. The highest BCUT2D eigenvalue weighted by atomic mass is 32.1. The molecule has 0 atom stereocenters. The van der Waals surface area contributed by atoms with Crippen molar-refractivity contribution in [2.24, 2.45) is 0 Å². The van der Waals surface area contributed by atoms with Crippen molar-refractivity contribution in [1.82, 2.24) is 29.1 Å². The van der Waals surface area contributed by atoms with Gasteiger partial charge in [-0.2, -0.15) is 0 Å². The van der Waals surface area contributed by atoms with Gasteiger partial charge in [0.05, 0.1) is 5.69 Å². The van der Waals surface area contributed by atoms with E-state index in [1.165, 1.54) is 16.1 Å². The standard InChI is InChI=1S/C11H12N6O2S/c1-3-4-17-9-6(10(18)14-11(17)19)12-8(13-9)7-5(2)15-16-20-7/h3-4H2,1-2H3,(H,12,13)(H,14,18,19). The van der Waals surface area contributed by atoms with Crippen molar-refractivity contribution in [3.63, 3.8) is 0 Å². The molecule has 104 valence electrons. The lowest BCUT2D eigenvalue weighted by Gasteiger charge is -2.02. The zero-order chi connectivity index (χ0) is 14.3. The van der Waals surface area contributed by atoms with Gasteiger partial charge in [-0.1, -0.05) is 11.4 Å². The van der Waals surface area contributed by atoms with Crippen molar-refractivity contribution in [2.45, 2.75) is 26.8 Å². The molecule has 0 amide bonds. The first-order chi connectivity index (χ1) is 9.61. The molecule has 0 spiro atoms. The third-order valence-electron chi connectivity index (χ3n) is 2.95. The number of H-pyrrole nitrogens is 2. The van der Waals surface area contributed by atoms with Gasteiger partial charge in [-0.15, -0.1) is 5.10 Å². The minimum atomic E-state index is -0.466. The van der Waals surface area contributed by atoms with Crippen LogP contribution in [0.25, 0.3) is 21.9 Å². The summed E-state index contributed by atoms with van der Waals surface area (Å²) in [6.45, 7) is 4.26. The van der Waals surface area contributed by atoms with E-state index in [-0.39, 0.29) is 0 Å². The molecule has 3 heterocycles. The number of aromatic amines is 2. The Morgan fingerprint density at radius 2 is 2.10 bits per heavy atom. The number of nitrogens with one attached hydrogen (secondary N) is 2. The second kappa shape index (κ2) is 4.67. The van der Waals surface area contributed by atoms with Gasteiger partial charge in [0.15, 0.2) is 11.5 Å². The Hall–Kier alpha value is -2.29. The first-order valence-electron chi connectivity index (χ1n) is 6.14. The Balaban J connectivity index is 2.33. The summed E-state index contributed by atoms with van der Waals surface area (Å²) < 4.78 is 5.30. The van der Waals surface area contributed by atoms with Crippen LogP contribution in [-0.2, 0) is 6.54 Å². The topological polar surface area (TPSA) is 109 Å². The summed E-state index contributed by atoms with van der Waals surface area (Å²) in [6.07, 6.45) is 0.768. The molecule has 0 fully saturated rings. The van der Waals surface area contributed by atoms with Gasteiger partial charge in [-0.3, -0.25) is 14.3 Å². The maximum Gasteiger partial charge on any atom is 0.330 e. The molecule has 0 aliphatic heterocycles. The van der Waals surface area contributed by atoms with E-state index in [1.807, 2.05) is 13.8 Å². The SMILES string of the molecule is CCCn1c(=O)[nH]c(=O)c2[nH]c(-c3snnc3C)nc21. The van der Waals surface area contributed by atoms with Crippen LogP contribution < -0.4 is 11.2 Å². The maximum absolute atomic E-state index is 11.9. The van der Waals surface area contributed by atoms with Crippen LogP contribution in [-0.4, -0.2) is 29.1 Å². The monoisotopic (exact) mass is 292 g/mol. The van der Waals surface area contributed by atoms with Crippen LogP contribution in [0.1, 0.15) is 19.0 Å². The van der Waals surface area contributed by atoms with Crippen molar-refractivity contribution in [3.8, 4) is 10.7 Å². The van der Waals surface area contributed by atoms with E-state index >= 15 is 0 Å². The van der Waals surface area contributed by atoms with Gasteiger partial charge in [0.1, 0.15) is 10.4 Å². The molecule has 3 aromatic rings. The fourth-order valence-corrected chi connectivity index (χ4v) is 2.63. The quantitative estimate of drug-likeness (QED) is 0.736. The normalized spacial score (nSPS) is 11.3. The lowest BCUT2D eigenvalue weighted by atomic mass is 10.4. The molecular formula is C11H12N6O2S. The molecule has 0 unspecified atom stereocenters. The molecule has 0 aliphatic rings. The van der Waals surface area contributed by atoms with E-state index in [2.05, 4.69) is 24.5 Å². The predicted molar refractivity (Wildman–Crippen MR) is 74.9 cm³/mol. The number of hydrogen-bond acceptors (Lipinski definition) is 6. The van der Waals surface area contributed by atoms with Crippen LogP contribution in [0.5, 0.6) is 0 Å². The minimum absolute atomic E-state index is 0.292. The second-order valence-electron chi connectivity index (χ2n) is 4.38. The van der Waals surface area contributed by atoms with Gasteiger partial charge < -0.3 is 4.98 Å². The smallest absolute Gasteiger partial charge is 0.330 e. The molecule has 0 radical (unpaired) electrons. The maximum atomic E-state index is 11.9. The highest BCUT2D eigenvalue weighted by molar-refractivity contribution is 7.09. The third-order valence-corrected chi connectivity index (χ3v) is 3.78. The fraction of sp³-hybridized carbons (Fsp3) is 0.364. The molecule has 0 bridgehead atoms. The summed E-state index contributed by atoms with van der Waals surface area (Å²) in [5.74, 6) is 0.508. The van der Waals surface area contributed by atoms with Crippen LogP contribution in [0.3, 0.4) is 0 Å². The Morgan fingerprint density at radius 1 is 1.30 bits per heavy atom. The van der Waals surface area contributed by atoms with Crippen molar-refractivity contribution < 1.29 is 0 Å². The van der Waals surface area contributed by atoms with Gasteiger partial charge in [0.2, 0.25) is 0 Å². The molecule has 0 saturated heterocycles. The van der Waals surface area contributed by atoms with E-state index < -0.39 is 11.2 Å². The van der Waals surface area contributed by atoms with Gasteiger partial charge in [0.25, 0.3) is 5.56 Å². The molecular weight excluding hydrogens is 280 g/mol. The molecule has 0 saturated carbocycles.